The lowest BCUT2D eigenvalue weighted by Gasteiger charge is -2.32. The first-order valence-corrected chi connectivity index (χ1v) is 17.5. The van der Waals surface area contributed by atoms with Crippen molar-refractivity contribution in [3.63, 3.8) is 0 Å². The van der Waals surface area contributed by atoms with Gasteiger partial charge in [-0.3, -0.25) is 9.59 Å². The first kappa shape index (κ1) is 31.7. The normalized spacial score (nSPS) is 16.0. The van der Waals surface area contributed by atoms with Crippen LogP contribution in [0.25, 0.3) is 31.9 Å². The van der Waals surface area contributed by atoms with Gasteiger partial charge in [0.25, 0.3) is 11.8 Å². The number of nitrogens with zero attached hydrogens (tertiary/aromatic N) is 3. The number of H-pyrrole nitrogens is 2. The maximum atomic E-state index is 14.2. The monoisotopic (exact) mass is 710 g/mol. The lowest BCUT2D eigenvalue weighted by molar-refractivity contribution is 0.0974. The van der Waals surface area contributed by atoms with Crippen molar-refractivity contribution in [2.24, 2.45) is 0 Å². The van der Waals surface area contributed by atoms with Gasteiger partial charge >= 0.3 is 12.2 Å². The van der Waals surface area contributed by atoms with Crippen LogP contribution in [-0.2, 0) is 0 Å². The topological polar surface area (TPSA) is 151 Å². The lowest BCUT2D eigenvalue weighted by atomic mass is 9.97. The van der Waals surface area contributed by atoms with Gasteiger partial charge in [0.05, 0.1) is 10.4 Å². The summed E-state index contributed by atoms with van der Waals surface area (Å²) in [5.41, 5.74) is 5.54. The second kappa shape index (κ2) is 12.4. The Morgan fingerprint density at radius 1 is 0.940 bits per heavy atom. The van der Waals surface area contributed by atoms with Gasteiger partial charge < -0.3 is 39.8 Å². The maximum absolute atomic E-state index is 14.2. The molecule has 0 bridgehead atoms. The number of aromatic amines is 2. The number of anilines is 2. The van der Waals surface area contributed by atoms with E-state index in [1.165, 1.54) is 21.1 Å². The van der Waals surface area contributed by atoms with Crippen molar-refractivity contribution in [2.45, 2.75) is 12.8 Å². The average molecular weight is 711 g/mol. The Hall–Kier alpha value is -5.53. The van der Waals surface area contributed by atoms with Gasteiger partial charge in [-0.15, -0.1) is 22.9 Å². The third-order valence-electron chi connectivity index (χ3n) is 9.43. The molecule has 254 valence electrons. The number of halogens is 1. The van der Waals surface area contributed by atoms with Gasteiger partial charge in [0.1, 0.15) is 11.4 Å². The molecular weight excluding hydrogens is 680 g/mol. The van der Waals surface area contributed by atoms with Gasteiger partial charge in [0.2, 0.25) is 0 Å². The molecule has 4 N–H and O–H groups in total. The Balaban J connectivity index is 1.07. The van der Waals surface area contributed by atoms with Crippen molar-refractivity contribution >= 4 is 90.2 Å². The van der Waals surface area contributed by atoms with E-state index in [4.69, 9.17) is 16.3 Å². The number of aromatic nitrogens is 2. The number of amides is 4. The van der Waals surface area contributed by atoms with Crippen LogP contribution >= 0.6 is 22.9 Å². The third-order valence-corrected chi connectivity index (χ3v) is 10.9. The molecule has 3 aromatic carbocycles. The molecule has 0 radical (unpaired) electrons. The van der Waals surface area contributed by atoms with E-state index in [1.54, 1.807) is 29.2 Å². The van der Waals surface area contributed by atoms with Crippen LogP contribution in [0.5, 0.6) is 5.75 Å². The number of nitrogens with one attached hydrogen (secondary N) is 3. The highest BCUT2D eigenvalue weighted by molar-refractivity contribution is 7.17. The standard InChI is InChI=1S/C36H31ClN6O6S/c1-19-18-50-32-29(49-36(48)42-10-8-41(9-11-42)35(46)47)15-28-31(30(19)32)22(16-37)17-43(28)34(45)27-14-21-12-23(6-7-25(21)40-27)38-33(44)26-13-20-4-2-3-5-24(20)39-26/h2-7,12-15,18,22,39-40H,8-11,16-17H2,1H3,(H,38,44)(H,46,47)/t22-/m1/s1. The number of carboxylic acid groups (broad SMARTS) is 1. The van der Waals surface area contributed by atoms with Crippen LogP contribution in [0.3, 0.4) is 0 Å². The summed E-state index contributed by atoms with van der Waals surface area (Å²) >= 11 is 7.96. The van der Waals surface area contributed by atoms with Gasteiger partial charge in [0, 0.05) is 83.5 Å². The van der Waals surface area contributed by atoms with E-state index in [0.717, 1.165) is 43.0 Å². The minimum absolute atomic E-state index is 0.143. The van der Waals surface area contributed by atoms with E-state index in [9.17, 15) is 24.3 Å². The van der Waals surface area contributed by atoms with Crippen LogP contribution < -0.4 is 15.0 Å². The second-order valence-corrected chi connectivity index (χ2v) is 13.7. The first-order valence-electron chi connectivity index (χ1n) is 16.1. The van der Waals surface area contributed by atoms with E-state index in [1.807, 2.05) is 48.7 Å². The predicted octanol–water partition coefficient (Wildman–Crippen LogP) is 7.20. The zero-order chi connectivity index (χ0) is 34.7. The molecule has 8 rings (SSSR count). The van der Waals surface area contributed by atoms with E-state index < -0.39 is 12.2 Å². The van der Waals surface area contributed by atoms with Crippen LogP contribution in [-0.4, -0.2) is 87.5 Å². The summed E-state index contributed by atoms with van der Waals surface area (Å²) in [6.45, 7) is 3.16. The highest BCUT2D eigenvalue weighted by atomic mass is 35.5. The average Bonchev–Trinajstić information content (AvgIpc) is 3.91. The number of ether oxygens (including phenoxy) is 1. The lowest BCUT2D eigenvalue weighted by Crippen LogP contribution is -2.51. The number of aryl methyl sites for hydroxylation is 1. The van der Waals surface area contributed by atoms with E-state index in [0.29, 0.717) is 40.9 Å². The van der Waals surface area contributed by atoms with Crippen molar-refractivity contribution in [3.05, 3.63) is 88.6 Å². The van der Waals surface area contributed by atoms with Gasteiger partial charge in [-0.2, -0.15) is 0 Å². The van der Waals surface area contributed by atoms with Crippen LogP contribution in [0.4, 0.5) is 21.0 Å². The molecule has 12 nitrogen and oxygen atoms in total. The molecule has 1 fully saturated rings. The minimum atomic E-state index is -1.02. The Bertz CT molecular complexity index is 2320. The molecule has 1 saturated heterocycles. The van der Waals surface area contributed by atoms with E-state index >= 15 is 0 Å². The SMILES string of the molecule is Cc1csc2c(OC(=O)N3CCN(C(=O)O)CC3)cc3c(c12)[C@H](CCl)CN3C(=O)c1cc2cc(NC(=O)c3cc4ccccc4[nH]3)ccc2[nH]1. The molecule has 6 aromatic rings. The zero-order valence-electron chi connectivity index (χ0n) is 26.8. The summed E-state index contributed by atoms with van der Waals surface area (Å²) in [7, 11) is 0. The number of para-hydroxylation sites is 1. The number of alkyl halides is 1. The molecule has 50 heavy (non-hydrogen) atoms. The summed E-state index contributed by atoms with van der Waals surface area (Å²) < 4.78 is 6.75. The summed E-state index contributed by atoms with van der Waals surface area (Å²) in [4.78, 5) is 62.6. The van der Waals surface area contributed by atoms with Crippen molar-refractivity contribution in [3.8, 4) is 5.75 Å². The highest BCUT2D eigenvalue weighted by Gasteiger charge is 2.37. The fourth-order valence-electron chi connectivity index (χ4n) is 6.90. The Labute approximate surface area is 294 Å². The largest absolute Gasteiger partial charge is 0.465 e. The van der Waals surface area contributed by atoms with Gasteiger partial charge in [-0.1, -0.05) is 18.2 Å². The summed E-state index contributed by atoms with van der Waals surface area (Å²) in [6, 6.07) is 18.4. The number of thiophene rings is 1. The van der Waals surface area contributed by atoms with Crippen LogP contribution in [0.2, 0.25) is 0 Å². The van der Waals surface area contributed by atoms with E-state index in [2.05, 4.69) is 15.3 Å². The molecule has 0 unspecified atom stereocenters. The number of fused-ring (bicyclic) bond motifs is 5. The quantitative estimate of drug-likeness (QED) is 0.139. The van der Waals surface area contributed by atoms with Crippen molar-refractivity contribution in [1.82, 2.24) is 19.8 Å². The number of carbonyl (C=O) groups is 4. The Kier molecular flexibility index (Phi) is 7.88. The zero-order valence-corrected chi connectivity index (χ0v) is 28.4. The molecule has 0 spiro atoms. The van der Waals surface area contributed by atoms with Crippen molar-refractivity contribution < 1.29 is 29.0 Å². The Morgan fingerprint density at radius 3 is 2.42 bits per heavy atom. The number of rotatable bonds is 5. The fourth-order valence-corrected chi connectivity index (χ4v) is 8.17. The molecule has 14 heteroatoms. The fraction of sp³-hybridized carbons (Fsp3) is 0.222. The summed E-state index contributed by atoms with van der Waals surface area (Å²) in [6.07, 6.45) is -1.59. The minimum Gasteiger partial charge on any atom is -0.465 e. The third kappa shape index (κ3) is 5.48. The molecule has 3 aromatic heterocycles. The number of piperazine rings is 1. The van der Waals surface area contributed by atoms with Crippen LogP contribution in [0.15, 0.2) is 66.0 Å². The van der Waals surface area contributed by atoms with Gasteiger partial charge in [-0.25, -0.2) is 9.59 Å². The van der Waals surface area contributed by atoms with Gasteiger partial charge in [0.15, 0.2) is 5.75 Å². The molecular formula is C36H31ClN6O6S. The molecule has 5 heterocycles. The van der Waals surface area contributed by atoms with Crippen LogP contribution in [0, 0.1) is 6.92 Å². The molecule has 4 amide bonds. The molecule has 2 aliphatic heterocycles. The first-order chi connectivity index (χ1) is 24.2. The Morgan fingerprint density at radius 2 is 1.66 bits per heavy atom. The van der Waals surface area contributed by atoms with E-state index in [-0.39, 0.29) is 43.9 Å². The van der Waals surface area contributed by atoms with Crippen LogP contribution in [0.1, 0.15) is 38.0 Å². The number of hydrogen-bond acceptors (Lipinski definition) is 6. The van der Waals surface area contributed by atoms with Crippen molar-refractivity contribution in [1.29, 1.82) is 0 Å². The summed E-state index contributed by atoms with van der Waals surface area (Å²) in [5.74, 6) is -0.0609. The molecule has 0 saturated carbocycles. The molecule has 0 aliphatic carbocycles. The predicted molar refractivity (Wildman–Crippen MR) is 193 cm³/mol. The second-order valence-electron chi connectivity index (χ2n) is 12.5. The maximum Gasteiger partial charge on any atom is 0.415 e. The summed E-state index contributed by atoms with van der Waals surface area (Å²) in [5, 5.41) is 16.8. The van der Waals surface area contributed by atoms with Gasteiger partial charge in [-0.05, 0) is 59.8 Å². The number of hydrogen-bond donors (Lipinski definition) is 4. The number of carbonyl (C=O) groups excluding carboxylic acids is 3. The molecule has 1 atom stereocenters. The molecule has 2 aliphatic rings. The number of benzene rings is 3. The van der Waals surface area contributed by atoms with Crippen molar-refractivity contribution in [2.75, 3.05) is 48.8 Å². The highest BCUT2D eigenvalue weighted by Crippen LogP contribution is 2.49. The smallest absolute Gasteiger partial charge is 0.415 e.